The molecule has 0 heterocycles. The number of ether oxygens (including phenoxy) is 1. The summed E-state index contributed by atoms with van der Waals surface area (Å²) in [6.45, 7) is 3.04. The van der Waals surface area contributed by atoms with E-state index in [9.17, 15) is 9.59 Å². The van der Waals surface area contributed by atoms with Crippen molar-refractivity contribution in [2.45, 2.75) is 6.42 Å². The molecule has 0 aliphatic rings. The number of aliphatic carboxylic acids is 1. The van der Waals surface area contributed by atoms with Gasteiger partial charge in [-0.25, -0.2) is 4.79 Å². The van der Waals surface area contributed by atoms with E-state index in [-0.39, 0.29) is 30.1 Å². The summed E-state index contributed by atoms with van der Waals surface area (Å²) >= 11 is 0. The van der Waals surface area contributed by atoms with Gasteiger partial charge in [0.2, 0.25) is 0 Å². The van der Waals surface area contributed by atoms with Gasteiger partial charge in [-0.1, -0.05) is 6.58 Å². The normalized spacial score (nSPS) is 7.64. The third-order valence-corrected chi connectivity index (χ3v) is 0.727. The number of carbonyl (C=O) groups is 2. The van der Waals surface area contributed by atoms with Crippen molar-refractivity contribution in [3.05, 3.63) is 12.7 Å². The summed E-state index contributed by atoms with van der Waals surface area (Å²) in [7, 11) is 0. The Hall–Kier alpha value is -0.801. The molecule has 0 atom stereocenters. The standard InChI is InChI=1S/C6H8O4.Cu/c1-2-6(9)10-4-3-5(7)8;/h2H,1,3-4H2,(H,7,8);. The van der Waals surface area contributed by atoms with Crippen molar-refractivity contribution in [3.8, 4) is 0 Å². The maximum atomic E-state index is 10.3. The molecule has 0 fully saturated rings. The Kier molecular flexibility index (Phi) is 8.53. The first-order valence-corrected chi connectivity index (χ1v) is 2.68. The molecule has 1 radical (unpaired) electrons. The van der Waals surface area contributed by atoms with Crippen molar-refractivity contribution in [2.75, 3.05) is 6.61 Å². The smallest absolute Gasteiger partial charge is 0.330 e. The van der Waals surface area contributed by atoms with Crippen LogP contribution in [0.25, 0.3) is 0 Å². The summed E-state index contributed by atoms with van der Waals surface area (Å²) in [5.74, 6) is -1.59. The van der Waals surface area contributed by atoms with E-state index in [1.165, 1.54) is 0 Å². The van der Waals surface area contributed by atoms with Crippen LogP contribution in [0.2, 0.25) is 0 Å². The second-order valence-electron chi connectivity index (χ2n) is 1.52. The summed E-state index contributed by atoms with van der Waals surface area (Å²) in [6, 6.07) is 0. The van der Waals surface area contributed by atoms with Crippen LogP contribution in [-0.2, 0) is 31.4 Å². The third-order valence-electron chi connectivity index (χ3n) is 0.727. The fraction of sp³-hybridized carbons (Fsp3) is 0.333. The zero-order valence-electron chi connectivity index (χ0n) is 5.67. The van der Waals surface area contributed by atoms with E-state index >= 15 is 0 Å². The molecule has 0 aliphatic carbocycles. The molecular formula is C6H8CuO4. The minimum absolute atomic E-state index is 0. The monoisotopic (exact) mass is 207 g/mol. The summed E-state index contributed by atoms with van der Waals surface area (Å²) in [5.41, 5.74) is 0. The van der Waals surface area contributed by atoms with Gasteiger partial charge in [0.1, 0.15) is 6.61 Å². The Labute approximate surface area is 74.7 Å². The van der Waals surface area contributed by atoms with Crippen LogP contribution in [0.1, 0.15) is 6.42 Å². The molecule has 4 nitrogen and oxygen atoms in total. The van der Waals surface area contributed by atoms with E-state index < -0.39 is 11.9 Å². The molecule has 0 unspecified atom stereocenters. The van der Waals surface area contributed by atoms with E-state index in [1.807, 2.05) is 0 Å². The number of carboxylic acids is 1. The Balaban J connectivity index is 0. The Morgan fingerprint density at radius 1 is 1.55 bits per heavy atom. The van der Waals surface area contributed by atoms with Gasteiger partial charge in [0, 0.05) is 23.1 Å². The van der Waals surface area contributed by atoms with Crippen molar-refractivity contribution < 1.29 is 36.5 Å². The van der Waals surface area contributed by atoms with Crippen LogP contribution >= 0.6 is 0 Å². The molecule has 0 spiro atoms. The van der Waals surface area contributed by atoms with Gasteiger partial charge in [0.15, 0.2) is 0 Å². The molecular weight excluding hydrogens is 200 g/mol. The van der Waals surface area contributed by atoms with Crippen molar-refractivity contribution >= 4 is 11.9 Å². The number of esters is 1. The SMILES string of the molecule is C=CC(=O)OCCC(=O)O.[Cu]. The van der Waals surface area contributed by atoms with Crippen LogP contribution in [0.5, 0.6) is 0 Å². The molecule has 0 aromatic rings. The van der Waals surface area contributed by atoms with Gasteiger partial charge in [-0.05, 0) is 0 Å². The van der Waals surface area contributed by atoms with Crippen LogP contribution in [0.15, 0.2) is 12.7 Å². The van der Waals surface area contributed by atoms with Crippen molar-refractivity contribution in [2.24, 2.45) is 0 Å². The fourth-order valence-corrected chi connectivity index (χ4v) is 0.298. The minimum Gasteiger partial charge on any atom is -0.481 e. The number of rotatable bonds is 4. The van der Waals surface area contributed by atoms with Crippen LogP contribution < -0.4 is 0 Å². The van der Waals surface area contributed by atoms with Crippen molar-refractivity contribution in [3.63, 3.8) is 0 Å². The molecule has 0 aliphatic heterocycles. The summed E-state index contributed by atoms with van der Waals surface area (Å²) in [4.78, 5) is 20.1. The first-order valence-electron chi connectivity index (χ1n) is 2.68. The number of carbonyl (C=O) groups excluding carboxylic acids is 1. The number of hydrogen-bond donors (Lipinski definition) is 1. The summed E-state index contributed by atoms with van der Waals surface area (Å²) < 4.78 is 4.36. The Bertz CT molecular complexity index is 155. The maximum absolute atomic E-state index is 10.3. The molecule has 0 bridgehead atoms. The first kappa shape index (κ1) is 12.8. The molecule has 0 saturated carbocycles. The van der Waals surface area contributed by atoms with Gasteiger partial charge in [-0.2, -0.15) is 0 Å². The van der Waals surface area contributed by atoms with E-state index in [2.05, 4.69) is 11.3 Å². The van der Waals surface area contributed by atoms with E-state index in [0.717, 1.165) is 6.08 Å². The van der Waals surface area contributed by atoms with Gasteiger partial charge in [0.05, 0.1) is 6.42 Å². The number of carboxylic acid groups (broad SMARTS) is 1. The van der Waals surface area contributed by atoms with Gasteiger partial charge in [-0.3, -0.25) is 4.79 Å². The van der Waals surface area contributed by atoms with Crippen LogP contribution in [0.3, 0.4) is 0 Å². The minimum atomic E-state index is -0.989. The van der Waals surface area contributed by atoms with Crippen LogP contribution in [0, 0.1) is 0 Å². The van der Waals surface area contributed by atoms with Crippen LogP contribution in [0.4, 0.5) is 0 Å². The second kappa shape index (κ2) is 7.31. The van der Waals surface area contributed by atoms with Crippen LogP contribution in [-0.4, -0.2) is 23.7 Å². The largest absolute Gasteiger partial charge is 0.481 e. The zero-order chi connectivity index (χ0) is 7.98. The predicted octanol–water partition coefficient (Wildman–Crippen LogP) is 0.188. The van der Waals surface area contributed by atoms with E-state index in [0.29, 0.717) is 0 Å². The van der Waals surface area contributed by atoms with Crippen molar-refractivity contribution in [1.29, 1.82) is 0 Å². The quantitative estimate of drug-likeness (QED) is 0.406. The molecule has 11 heavy (non-hydrogen) atoms. The van der Waals surface area contributed by atoms with Crippen molar-refractivity contribution in [1.82, 2.24) is 0 Å². The van der Waals surface area contributed by atoms with Gasteiger partial charge in [-0.15, -0.1) is 0 Å². The Morgan fingerprint density at radius 3 is 2.45 bits per heavy atom. The van der Waals surface area contributed by atoms with E-state index in [4.69, 9.17) is 5.11 Å². The molecule has 0 saturated heterocycles. The molecule has 0 amide bonds. The fourth-order valence-electron chi connectivity index (χ4n) is 0.298. The summed E-state index contributed by atoms with van der Waals surface area (Å²) in [6.07, 6.45) is 0.821. The van der Waals surface area contributed by atoms with E-state index in [1.54, 1.807) is 0 Å². The molecule has 0 aromatic heterocycles. The number of hydrogen-bond acceptors (Lipinski definition) is 3. The average Bonchev–Trinajstić information content (AvgIpc) is 1.87. The topological polar surface area (TPSA) is 63.6 Å². The third kappa shape index (κ3) is 9.20. The predicted molar refractivity (Wildman–Crippen MR) is 33.4 cm³/mol. The summed E-state index contributed by atoms with van der Waals surface area (Å²) in [5, 5.41) is 8.08. The first-order chi connectivity index (χ1) is 4.66. The molecule has 1 N–H and O–H groups in total. The molecule has 0 aromatic carbocycles. The molecule has 0 rings (SSSR count). The second-order valence-corrected chi connectivity index (χ2v) is 1.52. The molecule has 67 valence electrons. The average molecular weight is 208 g/mol. The van der Waals surface area contributed by atoms with Gasteiger partial charge >= 0.3 is 11.9 Å². The molecule has 5 heteroatoms. The Morgan fingerprint density at radius 2 is 2.09 bits per heavy atom. The van der Waals surface area contributed by atoms with Gasteiger partial charge < -0.3 is 9.84 Å². The van der Waals surface area contributed by atoms with Gasteiger partial charge in [0.25, 0.3) is 0 Å². The zero-order valence-corrected chi connectivity index (χ0v) is 6.61. The maximum Gasteiger partial charge on any atom is 0.330 e.